The van der Waals surface area contributed by atoms with E-state index in [1.54, 1.807) is 25.2 Å². The van der Waals surface area contributed by atoms with Crippen LogP contribution in [0.3, 0.4) is 0 Å². The van der Waals surface area contributed by atoms with Gasteiger partial charge in [-0.2, -0.15) is 13.2 Å². The second-order valence-electron chi connectivity index (χ2n) is 4.65. The minimum atomic E-state index is -4.37. The normalized spacial score (nSPS) is 13.0. The predicted molar refractivity (Wildman–Crippen MR) is 74.1 cm³/mol. The molecule has 21 heavy (non-hydrogen) atoms. The molecule has 1 atom stereocenters. The van der Waals surface area contributed by atoms with Crippen molar-refractivity contribution in [3.8, 4) is 0 Å². The first-order valence-electron chi connectivity index (χ1n) is 6.36. The van der Waals surface area contributed by atoms with Gasteiger partial charge in [0.15, 0.2) is 0 Å². The average molecular weight is 324 g/mol. The van der Waals surface area contributed by atoms with E-state index < -0.39 is 12.8 Å². The maximum atomic E-state index is 11.9. The molecule has 7 heteroatoms. The smallest absolute Gasteiger partial charge is 0.372 e. The van der Waals surface area contributed by atoms with E-state index in [4.69, 9.17) is 11.6 Å². The Morgan fingerprint density at radius 1 is 1.43 bits per heavy atom. The van der Waals surface area contributed by atoms with E-state index in [9.17, 15) is 18.0 Å². The van der Waals surface area contributed by atoms with Gasteiger partial charge in [0.2, 0.25) is 5.91 Å². The second-order valence-corrected chi connectivity index (χ2v) is 5.09. The summed E-state index contributed by atoms with van der Waals surface area (Å²) in [7, 11) is 1.59. The van der Waals surface area contributed by atoms with Gasteiger partial charge in [-0.3, -0.25) is 4.79 Å². The van der Waals surface area contributed by atoms with Crippen LogP contribution in [0.25, 0.3) is 0 Å². The molecule has 1 unspecified atom stereocenters. The van der Waals surface area contributed by atoms with Crippen LogP contribution in [0.5, 0.6) is 0 Å². The Morgan fingerprint density at radius 2 is 2.10 bits per heavy atom. The summed E-state index contributed by atoms with van der Waals surface area (Å²) >= 11 is 5.89. The maximum absolute atomic E-state index is 11.9. The van der Waals surface area contributed by atoms with Crippen molar-refractivity contribution in [3.63, 3.8) is 0 Å². The number of hydrogen-bond donors (Lipinski definition) is 0. The summed E-state index contributed by atoms with van der Waals surface area (Å²) in [5.41, 5.74) is 0.856. The second kappa shape index (κ2) is 7.66. The van der Waals surface area contributed by atoms with Crippen molar-refractivity contribution in [2.75, 3.05) is 20.3 Å². The van der Waals surface area contributed by atoms with Crippen LogP contribution in [0.4, 0.5) is 13.2 Å². The monoisotopic (exact) mass is 323 g/mol. The lowest BCUT2D eigenvalue weighted by Crippen LogP contribution is -2.30. The summed E-state index contributed by atoms with van der Waals surface area (Å²) in [4.78, 5) is 13.4. The molecule has 0 heterocycles. The molecular weight excluding hydrogens is 307 g/mol. The number of nitrogens with zero attached hydrogens (tertiary/aromatic N) is 1. The van der Waals surface area contributed by atoms with Crippen molar-refractivity contribution in [1.82, 2.24) is 4.90 Å². The van der Waals surface area contributed by atoms with Crippen molar-refractivity contribution in [2.45, 2.75) is 25.6 Å². The minimum absolute atomic E-state index is 0.0997. The van der Waals surface area contributed by atoms with Crippen LogP contribution in [-0.2, 0) is 9.53 Å². The van der Waals surface area contributed by atoms with Crippen LogP contribution in [0.1, 0.15) is 24.9 Å². The highest BCUT2D eigenvalue weighted by Gasteiger charge is 2.27. The maximum Gasteiger partial charge on any atom is 0.411 e. The molecular formula is C14H17ClF3NO2. The van der Waals surface area contributed by atoms with Gasteiger partial charge >= 0.3 is 6.18 Å². The first-order valence-corrected chi connectivity index (χ1v) is 6.74. The third kappa shape index (κ3) is 6.35. The fourth-order valence-electron chi connectivity index (χ4n) is 1.73. The van der Waals surface area contributed by atoms with Gasteiger partial charge in [0.05, 0.1) is 19.1 Å². The van der Waals surface area contributed by atoms with Crippen molar-refractivity contribution < 1.29 is 22.7 Å². The summed E-state index contributed by atoms with van der Waals surface area (Å²) < 4.78 is 40.1. The van der Waals surface area contributed by atoms with E-state index in [0.29, 0.717) is 5.02 Å². The Hall–Kier alpha value is -1.27. The number of ether oxygens (including phenoxy) is 1. The van der Waals surface area contributed by atoms with E-state index >= 15 is 0 Å². The van der Waals surface area contributed by atoms with E-state index in [0.717, 1.165) is 5.56 Å². The lowest BCUT2D eigenvalue weighted by Gasteiger charge is -2.25. The fourth-order valence-corrected chi connectivity index (χ4v) is 1.93. The molecule has 118 valence electrons. The Balaban J connectivity index is 2.47. The first-order chi connectivity index (χ1) is 9.70. The molecule has 1 aromatic carbocycles. The molecule has 0 aromatic heterocycles. The Morgan fingerprint density at radius 3 is 2.67 bits per heavy atom. The highest BCUT2D eigenvalue weighted by molar-refractivity contribution is 6.30. The number of alkyl halides is 3. The molecule has 0 fully saturated rings. The number of rotatable bonds is 6. The zero-order valence-electron chi connectivity index (χ0n) is 11.8. The molecule has 0 aliphatic heterocycles. The summed E-state index contributed by atoms with van der Waals surface area (Å²) in [6.45, 7) is 0.221. The molecule has 0 saturated carbocycles. The minimum Gasteiger partial charge on any atom is -0.372 e. The number of carbonyl (C=O) groups is 1. The fraction of sp³-hybridized carbons (Fsp3) is 0.500. The van der Waals surface area contributed by atoms with Crippen LogP contribution in [-0.4, -0.2) is 37.2 Å². The molecule has 0 saturated heterocycles. The van der Waals surface area contributed by atoms with Crippen molar-refractivity contribution in [1.29, 1.82) is 0 Å². The largest absolute Gasteiger partial charge is 0.411 e. The summed E-state index contributed by atoms with van der Waals surface area (Å²) in [6.07, 6.45) is -4.47. The molecule has 0 radical (unpaired) electrons. The van der Waals surface area contributed by atoms with Gasteiger partial charge in [-0.25, -0.2) is 0 Å². The van der Waals surface area contributed by atoms with Gasteiger partial charge in [0.25, 0.3) is 0 Å². The number of hydrogen-bond acceptors (Lipinski definition) is 2. The highest BCUT2D eigenvalue weighted by Crippen LogP contribution is 2.22. The van der Waals surface area contributed by atoms with Gasteiger partial charge < -0.3 is 9.64 Å². The zero-order chi connectivity index (χ0) is 16.0. The average Bonchev–Trinajstić information content (AvgIpc) is 2.40. The van der Waals surface area contributed by atoms with Gasteiger partial charge in [-0.05, 0) is 24.6 Å². The van der Waals surface area contributed by atoms with Gasteiger partial charge in [0.1, 0.15) is 6.61 Å². The quantitative estimate of drug-likeness (QED) is 0.745. The molecule has 0 aliphatic carbocycles. The zero-order valence-corrected chi connectivity index (χ0v) is 12.5. The lowest BCUT2D eigenvalue weighted by atomic mass is 10.1. The molecule has 1 rings (SSSR count). The van der Waals surface area contributed by atoms with Crippen molar-refractivity contribution in [3.05, 3.63) is 34.9 Å². The summed E-state index contributed by atoms with van der Waals surface area (Å²) in [5, 5.41) is 0.564. The van der Waals surface area contributed by atoms with E-state index in [-0.39, 0.29) is 25.0 Å². The van der Waals surface area contributed by atoms with Crippen molar-refractivity contribution >= 4 is 17.5 Å². The number of amides is 1. The molecule has 0 spiro atoms. The third-order valence-electron chi connectivity index (χ3n) is 3.03. The van der Waals surface area contributed by atoms with Crippen LogP contribution < -0.4 is 0 Å². The van der Waals surface area contributed by atoms with Crippen molar-refractivity contribution in [2.24, 2.45) is 0 Å². The molecule has 1 amide bonds. The third-order valence-corrected chi connectivity index (χ3v) is 3.27. The Kier molecular flexibility index (Phi) is 6.48. The SMILES string of the molecule is CC(c1cccc(Cl)c1)N(C)C(=O)CCOCC(F)(F)F. The number of carbonyl (C=O) groups excluding carboxylic acids is 1. The van der Waals surface area contributed by atoms with Crippen LogP contribution in [0.15, 0.2) is 24.3 Å². The molecule has 0 bridgehead atoms. The Labute approximate surface area is 126 Å². The molecule has 0 aliphatic rings. The van der Waals surface area contributed by atoms with Gasteiger partial charge in [-0.15, -0.1) is 0 Å². The first kappa shape index (κ1) is 17.8. The van der Waals surface area contributed by atoms with Crippen LogP contribution >= 0.6 is 11.6 Å². The number of halogens is 4. The van der Waals surface area contributed by atoms with Crippen LogP contribution in [0.2, 0.25) is 5.02 Å². The summed E-state index contributed by atoms with van der Waals surface area (Å²) in [6, 6.07) is 6.86. The van der Waals surface area contributed by atoms with Crippen LogP contribution in [0, 0.1) is 0 Å². The molecule has 3 nitrogen and oxygen atoms in total. The highest BCUT2D eigenvalue weighted by atomic mass is 35.5. The summed E-state index contributed by atoms with van der Waals surface area (Å²) in [5.74, 6) is -0.287. The number of benzene rings is 1. The van der Waals surface area contributed by atoms with Gasteiger partial charge in [0, 0.05) is 12.1 Å². The molecule has 0 N–H and O–H groups in total. The Bertz CT molecular complexity index is 480. The molecule has 1 aromatic rings. The van der Waals surface area contributed by atoms with E-state index in [1.165, 1.54) is 4.90 Å². The topological polar surface area (TPSA) is 29.5 Å². The van der Waals surface area contributed by atoms with E-state index in [1.807, 2.05) is 13.0 Å². The van der Waals surface area contributed by atoms with E-state index in [2.05, 4.69) is 4.74 Å². The predicted octanol–water partition coefficient (Wildman–Crippen LogP) is 3.83. The lowest BCUT2D eigenvalue weighted by molar-refractivity contribution is -0.175. The standard InChI is InChI=1S/C14H17ClF3NO2/c1-10(11-4-3-5-12(15)8-11)19(2)13(20)6-7-21-9-14(16,17)18/h3-5,8,10H,6-7,9H2,1-2H3. The van der Waals surface area contributed by atoms with Gasteiger partial charge in [-0.1, -0.05) is 23.7 Å².